The minimum absolute atomic E-state index is 0. The van der Waals surface area contributed by atoms with Gasteiger partial charge in [-0.15, -0.1) is 12.4 Å². The van der Waals surface area contributed by atoms with E-state index in [1.807, 2.05) is 0 Å². The molecule has 2 unspecified atom stereocenters. The van der Waals surface area contributed by atoms with Gasteiger partial charge in [0.1, 0.15) is 0 Å². The molecule has 5 heteroatoms. The Labute approximate surface area is 103 Å². The van der Waals surface area contributed by atoms with Crippen LogP contribution in [-0.2, 0) is 9.53 Å². The molecule has 2 heterocycles. The third-order valence-corrected chi connectivity index (χ3v) is 3.25. The van der Waals surface area contributed by atoms with E-state index in [4.69, 9.17) is 4.74 Å². The molecule has 4 nitrogen and oxygen atoms in total. The molecule has 2 N–H and O–H groups in total. The van der Waals surface area contributed by atoms with Gasteiger partial charge in [-0.1, -0.05) is 0 Å². The van der Waals surface area contributed by atoms with Gasteiger partial charge in [0.2, 0.25) is 5.91 Å². The second-order valence-corrected chi connectivity index (χ2v) is 4.91. The first-order valence-electron chi connectivity index (χ1n) is 5.80. The molecule has 0 saturated carbocycles. The van der Waals surface area contributed by atoms with Gasteiger partial charge >= 0.3 is 0 Å². The lowest BCUT2D eigenvalue weighted by Crippen LogP contribution is -2.47. The van der Waals surface area contributed by atoms with E-state index in [1.54, 1.807) is 0 Å². The van der Waals surface area contributed by atoms with Crippen LogP contribution >= 0.6 is 12.4 Å². The Bertz CT molecular complexity index is 236. The van der Waals surface area contributed by atoms with E-state index in [0.717, 1.165) is 26.0 Å². The summed E-state index contributed by atoms with van der Waals surface area (Å²) in [6.07, 6.45) is 3.85. The van der Waals surface area contributed by atoms with Crippen LogP contribution in [-0.4, -0.2) is 37.2 Å². The summed E-state index contributed by atoms with van der Waals surface area (Å²) in [5, 5.41) is 6.41. The molecule has 2 saturated heterocycles. The van der Waals surface area contributed by atoms with Crippen LogP contribution in [0.3, 0.4) is 0 Å². The van der Waals surface area contributed by atoms with Gasteiger partial charge in [-0.25, -0.2) is 0 Å². The Morgan fingerprint density at radius 2 is 2.44 bits per heavy atom. The standard InChI is InChI=1S/C11H20N2O2.ClH/c1-11(4-6-15-8-11)13-10(14)7-9-3-2-5-12-9;/h9,12H,2-8H2,1H3,(H,13,14);1H. The molecule has 94 valence electrons. The zero-order chi connectivity index (χ0) is 10.7. The highest BCUT2D eigenvalue weighted by Crippen LogP contribution is 2.18. The molecule has 0 radical (unpaired) electrons. The Balaban J connectivity index is 0.00000128. The number of carbonyl (C=O) groups is 1. The van der Waals surface area contributed by atoms with E-state index >= 15 is 0 Å². The molecular formula is C11H21ClN2O2. The quantitative estimate of drug-likeness (QED) is 0.779. The number of carbonyl (C=O) groups excluding carboxylic acids is 1. The summed E-state index contributed by atoms with van der Waals surface area (Å²) in [6, 6.07) is 0.385. The molecule has 0 aromatic carbocycles. The highest BCUT2D eigenvalue weighted by Gasteiger charge is 2.31. The van der Waals surface area contributed by atoms with Crippen LogP contribution in [0.4, 0.5) is 0 Å². The molecule has 1 amide bonds. The Hall–Kier alpha value is -0.320. The zero-order valence-corrected chi connectivity index (χ0v) is 10.6. The summed E-state index contributed by atoms with van der Waals surface area (Å²) in [4.78, 5) is 11.8. The Morgan fingerprint density at radius 3 is 3.00 bits per heavy atom. The van der Waals surface area contributed by atoms with Crippen LogP contribution in [0.5, 0.6) is 0 Å². The van der Waals surface area contributed by atoms with Gasteiger partial charge in [-0.3, -0.25) is 4.79 Å². The maximum Gasteiger partial charge on any atom is 0.222 e. The van der Waals surface area contributed by atoms with Crippen molar-refractivity contribution in [3.63, 3.8) is 0 Å². The number of nitrogens with one attached hydrogen (secondary N) is 2. The highest BCUT2D eigenvalue weighted by molar-refractivity contribution is 5.85. The lowest BCUT2D eigenvalue weighted by molar-refractivity contribution is -0.123. The molecule has 2 rings (SSSR count). The molecule has 2 aliphatic heterocycles. The average molecular weight is 249 g/mol. The lowest BCUT2D eigenvalue weighted by atomic mass is 10.0. The van der Waals surface area contributed by atoms with Crippen molar-refractivity contribution in [1.82, 2.24) is 10.6 Å². The van der Waals surface area contributed by atoms with Crippen LogP contribution in [0, 0.1) is 0 Å². The largest absolute Gasteiger partial charge is 0.379 e. The predicted octanol–water partition coefficient (Wildman–Crippen LogP) is 0.846. The fraction of sp³-hybridized carbons (Fsp3) is 0.909. The van der Waals surface area contributed by atoms with Crippen LogP contribution in [0.25, 0.3) is 0 Å². The SMILES string of the molecule is CC1(NC(=O)CC2CCCN2)CCOC1.Cl. The third kappa shape index (κ3) is 3.61. The highest BCUT2D eigenvalue weighted by atomic mass is 35.5. The van der Waals surface area contributed by atoms with Crippen molar-refractivity contribution in [1.29, 1.82) is 0 Å². The topological polar surface area (TPSA) is 50.4 Å². The van der Waals surface area contributed by atoms with Gasteiger partial charge in [0.25, 0.3) is 0 Å². The third-order valence-electron chi connectivity index (χ3n) is 3.25. The summed E-state index contributed by atoms with van der Waals surface area (Å²) >= 11 is 0. The lowest BCUT2D eigenvalue weighted by Gasteiger charge is -2.24. The molecular weight excluding hydrogens is 228 g/mol. The number of ether oxygens (including phenoxy) is 1. The van der Waals surface area contributed by atoms with E-state index < -0.39 is 0 Å². The van der Waals surface area contributed by atoms with Gasteiger partial charge in [-0.05, 0) is 32.7 Å². The van der Waals surface area contributed by atoms with Crippen molar-refractivity contribution < 1.29 is 9.53 Å². The molecule has 0 bridgehead atoms. The molecule has 0 aromatic heterocycles. The number of amides is 1. The van der Waals surface area contributed by atoms with Crippen LogP contribution in [0.2, 0.25) is 0 Å². The zero-order valence-electron chi connectivity index (χ0n) is 9.75. The van der Waals surface area contributed by atoms with Crippen molar-refractivity contribution in [2.45, 2.75) is 44.2 Å². The first-order valence-corrected chi connectivity index (χ1v) is 5.80. The van der Waals surface area contributed by atoms with Crippen LogP contribution < -0.4 is 10.6 Å². The number of hydrogen-bond donors (Lipinski definition) is 2. The smallest absolute Gasteiger partial charge is 0.222 e. The van der Waals surface area contributed by atoms with E-state index in [0.29, 0.717) is 19.1 Å². The monoisotopic (exact) mass is 248 g/mol. The Morgan fingerprint density at radius 1 is 1.62 bits per heavy atom. The minimum Gasteiger partial charge on any atom is -0.379 e. The van der Waals surface area contributed by atoms with Crippen molar-refractivity contribution in [3.8, 4) is 0 Å². The Kier molecular flexibility index (Phi) is 5.02. The van der Waals surface area contributed by atoms with Crippen molar-refractivity contribution >= 4 is 18.3 Å². The summed E-state index contributed by atoms with van der Waals surface area (Å²) < 4.78 is 5.30. The van der Waals surface area contributed by atoms with Gasteiger partial charge in [0.05, 0.1) is 12.1 Å². The molecule has 2 aliphatic rings. The average Bonchev–Trinajstić information content (AvgIpc) is 2.76. The first-order chi connectivity index (χ1) is 7.18. The molecule has 0 aromatic rings. The maximum atomic E-state index is 11.8. The molecule has 0 spiro atoms. The van der Waals surface area contributed by atoms with E-state index in [-0.39, 0.29) is 23.9 Å². The number of hydrogen-bond acceptors (Lipinski definition) is 3. The number of rotatable bonds is 3. The summed E-state index contributed by atoms with van der Waals surface area (Å²) in [5.41, 5.74) is -0.129. The fourth-order valence-electron chi connectivity index (χ4n) is 2.31. The number of halogens is 1. The molecule has 2 fully saturated rings. The maximum absolute atomic E-state index is 11.8. The van der Waals surface area contributed by atoms with Gasteiger partial charge in [-0.2, -0.15) is 0 Å². The van der Waals surface area contributed by atoms with Crippen molar-refractivity contribution in [3.05, 3.63) is 0 Å². The van der Waals surface area contributed by atoms with Gasteiger partial charge in [0, 0.05) is 19.1 Å². The summed E-state index contributed by atoms with van der Waals surface area (Å²) in [5.74, 6) is 0.155. The normalized spacial score (nSPS) is 33.4. The van der Waals surface area contributed by atoms with Crippen molar-refractivity contribution in [2.24, 2.45) is 0 Å². The van der Waals surface area contributed by atoms with Gasteiger partial charge < -0.3 is 15.4 Å². The predicted molar refractivity (Wildman–Crippen MR) is 64.9 cm³/mol. The summed E-state index contributed by atoms with van der Waals surface area (Å²) in [7, 11) is 0. The fourth-order valence-corrected chi connectivity index (χ4v) is 2.31. The molecule has 0 aliphatic carbocycles. The van der Waals surface area contributed by atoms with Crippen LogP contribution in [0.1, 0.15) is 32.6 Å². The second kappa shape index (κ2) is 5.84. The van der Waals surface area contributed by atoms with E-state index in [1.165, 1.54) is 6.42 Å². The van der Waals surface area contributed by atoms with Gasteiger partial charge in [0.15, 0.2) is 0 Å². The van der Waals surface area contributed by atoms with E-state index in [2.05, 4.69) is 17.6 Å². The van der Waals surface area contributed by atoms with Crippen molar-refractivity contribution in [2.75, 3.05) is 19.8 Å². The first kappa shape index (κ1) is 13.7. The minimum atomic E-state index is -0.129. The van der Waals surface area contributed by atoms with E-state index in [9.17, 15) is 4.79 Å². The summed E-state index contributed by atoms with van der Waals surface area (Å²) in [6.45, 7) is 4.52. The molecule has 2 atom stereocenters. The second-order valence-electron chi connectivity index (χ2n) is 4.91. The molecule has 16 heavy (non-hydrogen) atoms. The van der Waals surface area contributed by atoms with Crippen LogP contribution in [0.15, 0.2) is 0 Å².